The van der Waals surface area contributed by atoms with E-state index < -0.39 is 0 Å². The van der Waals surface area contributed by atoms with Crippen molar-refractivity contribution < 1.29 is 0 Å². The van der Waals surface area contributed by atoms with Crippen molar-refractivity contribution in [2.45, 2.75) is 6.92 Å². The molecule has 0 aromatic carbocycles. The first kappa shape index (κ1) is 7.16. The minimum atomic E-state index is 1.04. The van der Waals surface area contributed by atoms with Crippen molar-refractivity contribution in [2.75, 3.05) is 0 Å². The minimum absolute atomic E-state index is 1.04. The molecule has 0 saturated carbocycles. The van der Waals surface area contributed by atoms with E-state index in [1.54, 1.807) is 0 Å². The van der Waals surface area contributed by atoms with E-state index in [1.165, 1.54) is 0 Å². The van der Waals surface area contributed by atoms with Gasteiger partial charge in [-0.25, -0.2) is 0 Å². The zero-order chi connectivity index (χ0) is 8.55. The van der Waals surface area contributed by atoms with Gasteiger partial charge in [0.15, 0.2) is 0 Å². The van der Waals surface area contributed by atoms with Gasteiger partial charge in [0, 0.05) is 13.2 Å². The van der Waals surface area contributed by atoms with Crippen LogP contribution in [0.15, 0.2) is 24.4 Å². The molecule has 0 atom stereocenters. The number of hydrogen-bond acceptors (Lipinski definition) is 1. The van der Waals surface area contributed by atoms with E-state index in [-0.39, 0.29) is 0 Å². The molecular weight excluding hydrogens is 150 g/mol. The van der Waals surface area contributed by atoms with E-state index >= 15 is 0 Å². The standard InChI is InChI=1S/C9H11N3/c1-7-6-9(12(2)11-7)8-4-3-5-10-8/h3-6,10H,1-2H3. The molecular formula is C9H11N3. The molecule has 2 aromatic rings. The van der Waals surface area contributed by atoms with Crippen molar-refractivity contribution in [3.8, 4) is 11.4 Å². The number of rotatable bonds is 1. The number of H-pyrrole nitrogens is 1. The second-order valence-electron chi connectivity index (χ2n) is 2.88. The third-order valence-corrected chi connectivity index (χ3v) is 1.88. The van der Waals surface area contributed by atoms with Crippen molar-refractivity contribution in [3.05, 3.63) is 30.1 Å². The van der Waals surface area contributed by atoms with E-state index in [4.69, 9.17) is 0 Å². The number of hydrogen-bond donors (Lipinski definition) is 1. The molecule has 62 valence electrons. The van der Waals surface area contributed by atoms with Gasteiger partial charge in [-0.3, -0.25) is 4.68 Å². The molecule has 0 fully saturated rings. The fourth-order valence-electron chi connectivity index (χ4n) is 1.35. The number of aromatic nitrogens is 3. The zero-order valence-corrected chi connectivity index (χ0v) is 7.20. The maximum absolute atomic E-state index is 4.26. The lowest BCUT2D eigenvalue weighted by Gasteiger charge is -1.96. The molecule has 0 aliphatic rings. The van der Waals surface area contributed by atoms with Crippen LogP contribution in [0.1, 0.15) is 5.69 Å². The highest BCUT2D eigenvalue weighted by Gasteiger charge is 2.03. The van der Waals surface area contributed by atoms with Crippen LogP contribution in [0.3, 0.4) is 0 Å². The SMILES string of the molecule is Cc1cc(-c2ccc[nH]2)n(C)n1. The molecule has 2 rings (SSSR count). The van der Waals surface area contributed by atoms with E-state index in [2.05, 4.69) is 16.1 Å². The second kappa shape index (κ2) is 2.52. The van der Waals surface area contributed by atoms with Crippen LogP contribution in [0.2, 0.25) is 0 Å². The molecule has 0 saturated heterocycles. The van der Waals surface area contributed by atoms with Crippen LogP contribution in [0.4, 0.5) is 0 Å². The van der Waals surface area contributed by atoms with E-state index in [1.807, 2.05) is 37.0 Å². The predicted octanol–water partition coefficient (Wildman–Crippen LogP) is 1.72. The molecule has 0 amide bonds. The molecule has 0 spiro atoms. The van der Waals surface area contributed by atoms with Crippen LogP contribution in [-0.4, -0.2) is 14.8 Å². The van der Waals surface area contributed by atoms with Crippen LogP contribution in [0.25, 0.3) is 11.4 Å². The Morgan fingerprint density at radius 1 is 1.50 bits per heavy atom. The first-order valence-electron chi connectivity index (χ1n) is 3.92. The lowest BCUT2D eigenvalue weighted by atomic mass is 10.3. The number of aromatic amines is 1. The fraction of sp³-hybridized carbons (Fsp3) is 0.222. The summed E-state index contributed by atoms with van der Waals surface area (Å²) in [4.78, 5) is 3.15. The van der Waals surface area contributed by atoms with Crippen molar-refractivity contribution in [1.29, 1.82) is 0 Å². The Morgan fingerprint density at radius 2 is 2.33 bits per heavy atom. The molecule has 2 heterocycles. The molecule has 0 bridgehead atoms. The Labute approximate surface area is 71.0 Å². The summed E-state index contributed by atoms with van der Waals surface area (Å²) in [6.07, 6.45) is 1.91. The number of nitrogens with zero attached hydrogens (tertiary/aromatic N) is 2. The first-order valence-corrected chi connectivity index (χ1v) is 3.92. The highest BCUT2D eigenvalue weighted by Crippen LogP contribution is 2.16. The highest BCUT2D eigenvalue weighted by molar-refractivity contribution is 5.54. The van der Waals surface area contributed by atoms with Gasteiger partial charge < -0.3 is 4.98 Å². The van der Waals surface area contributed by atoms with Gasteiger partial charge in [-0.15, -0.1) is 0 Å². The monoisotopic (exact) mass is 161 g/mol. The molecule has 0 aliphatic heterocycles. The average molecular weight is 161 g/mol. The molecule has 1 N–H and O–H groups in total. The molecule has 3 heteroatoms. The van der Waals surface area contributed by atoms with Gasteiger partial charge in [-0.2, -0.15) is 5.10 Å². The summed E-state index contributed by atoms with van der Waals surface area (Å²) in [7, 11) is 1.95. The van der Waals surface area contributed by atoms with Crippen molar-refractivity contribution in [3.63, 3.8) is 0 Å². The quantitative estimate of drug-likeness (QED) is 0.678. The lowest BCUT2D eigenvalue weighted by Crippen LogP contribution is -1.93. The molecule has 0 aliphatic carbocycles. The topological polar surface area (TPSA) is 33.6 Å². The first-order chi connectivity index (χ1) is 5.77. The number of nitrogens with one attached hydrogen (secondary N) is 1. The Hall–Kier alpha value is -1.51. The van der Waals surface area contributed by atoms with Crippen LogP contribution in [0, 0.1) is 6.92 Å². The Bertz CT molecular complexity index is 370. The third-order valence-electron chi connectivity index (χ3n) is 1.88. The zero-order valence-electron chi connectivity index (χ0n) is 7.20. The second-order valence-corrected chi connectivity index (χ2v) is 2.88. The molecule has 2 aromatic heterocycles. The van der Waals surface area contributed by atoms with Crippen LogP contribution < -0.4 is 0 Å². The molecule has 12 heavy (non-hydrogen) atoms. The van der Waals surface area contributed by atoms with Crippen LogP contribution >= 0.6 is 0 Å². The Morgan fingerprint density at radius 3 is 2.83 bits per heavy atom. The van der Waals surface area contributed by atoms with Gasteiger partial charge in [0.1, 0.15) is 0 Å². The van der Waals surface area contributed by atoms with Crippen LogP contribution in [0.5, 0.6) is 0 Å². The molecule has 3 nitrogen and oxygen atoms in total. The average Bonchev–Trinajstić information content (AvgIpc) is 2.58. The summed E-state index contributed by atoms with van der Waals surface area (Å²) in [5, 5.41) is 4.26. The Kier molecular flexibility index (Phi) is 1.50. The fourth-order valence-corrected chi connectivity index (χ4v) is 1.35. The predicted molar refractivity (Wildman–Crippen MR) is 47.7 cm³/mol. The summed E-state index contributed by atoms with van der Waals surface area (Å²) in [6.45, 7) is 1.99. The summed E-state index contributed by atoms with van der Waals surface area (Å²) >= 11 is 0. The summed E-state index contributed by atoms with van der Waals surface area (Å²) in [6, 6.07) is 6.08. The van der Waals surface area contributed by atoms with E-state index in [0.717, 1.165) is 17.1 Å². The summed E-state index contributed by atoms with van der Waals surface area (Å²) in [5.74, 6) is 0. The van der Waals surface area contributed by atoms with Crippen LogP contribution in [-0.2, 0) is 7.05 Å². The summed E-state index contributed by atoms with van der Waals surface area (Å²) < 4.78 is 1.88. The normalized spacial score (nSPS) is 10.5. The minimum Gasteiger partial charge on any atom is -0.360 e. The highest BCUT2D eigenvalue weighted by atomic mass is 15.3. The van der Waals surface area contributed by atoms with Crippen molar-refractivity contribution in [2.24, 2.45) is 7.05 Å². The Balaban J connectivity index is 2.54. The van der Waals surface area contributed by atoms with Gasteiger partial charge in [0.05, 0.1) is 17.1 Å². The van der Waals surface area contributed by atoms with E-state index in [9.17, 15) is 0 Å². The van der Waals surface area contributed by atoms with Crippen molar-refractivity contribution in [1.82, 2.24) is 14.8 Å². The largest absolute Gasteiger partial charge is 0.360 e. The van der Waals surface area contributed by atoms with Gasteiger partial charge in [-0.1, -0.05) is 0 Å². The van der Waals surface area contributed by atoms with Gasteiger partial charge in [0.25, 0.3) is 0 Å². The maximum atomic E-state index is 4.26. The number of aryl methyl sites for hydroxylation is 2. The van der Waals surface area contributed by atoms with Gasteiger partial charge >= 0.3 is 0 Å². The lowest BCUT2D eigenvalue weighted by molar-refractivity contribution is 0.762. The smallest absolute Gasteiger partial charge is 0.0844 e. The molecule has 0 radical (unpaired) electrons. The molecule has 0 unspecified atom stereocenters. The van der Waals surface area contributed by atoms with Gasteiger partial charge in [0.2, 0.25) is 0 Å². The van der Waals surface area contributed by atoms with E-state index in [0.29, 0.717) is 0 Å². The third kappa shape index (κ3) is 1.03. The summed E-state index contributed by atoms with van der Waals surface area (Å²) in [5.41, 5.74) is 3.28. The van der Waals surface area contributed by atoms with Gasteiger partial charge in [-0.05, 0) is 25.1 Å². The maximum Gasteiger partial charge on any atom is 0.0844 e. The van der Waals surface area contributed by atoms with Crippen molar-refractivity contribution >= 4 is 0 Å².